The van der Waals surface area contributed by atoms with E-state index < -0.39 is 0 Å². The van der Waals surface area contributed by atoms with Crippen molar-refractivity contribution in [3.8, 4) is 5.75 Å². The average molecular weight is 397 g/mol. The van der Waals surface area contributed by atoms with E-state index in [9.17, 15) is 0 Å². The SMILES string of the molecule is COCCCCCCCCOc1ccc(N2CCN(c3ccccc3)CC2)cc1. The average Bonchev–Trinajstić information content (AvgIpc) is 2.79. The quantitative estimate of drug-likeness (QED) is 0.450. The van der Waals surface area contributed by atoms with E-state index in [2.05, 4.69) is 64.4 Å². The molecule has 29 heavy (non-hydrogen) atoms. The molecule has 1 saturated heterocycles. The molecule has 0 N–H and O–H groups in total. The van der Waals surface area contributed by atoms with Crippen LogP contribution in [0.15, 0.2) is 54.6 Å². The Bertz CT molecular complexity index is 667. The monoisotopic (exact) mass is 396 g/mol. The second-order valence-electron chi connectivity index (χ2n) is 7.77. The van der Waals surface area contributed by atoms with Crippen molar-refractivity contribution in [2.75, 3.05) is 56.3 Å². The minimum Gasteiger partial charge on any atom is -0.494 e. The summed E-state index contributed by atoms with van der Waals surface area (Å²) >= 11 is 0. The zero-order chi connectivity index (χ0) is 20.2. The van der Waals surface area contributed by atoms with Gasteiger partial charge >= 0.3 is 0 Å². The summed E-state index contributed by atoms with van der Waals surface area (Å²) in [5.74, 6) is 0.983. The van der Waals surface area contributed by atoms with Gasteiger partial charge in [-0.3, -0.25) is 0 Å². The topological polar surface area (TPSA) is 24.9 Å². The molecule has 2 aromatic rings. The van der Waals surface area contributed by atoms with Gasteiger partial charge in [0.15, 0.2) is 0 Å². The first kappa shape index (κ1) is 21.5. The third-order valence-corrected chi connectivity index (χ3v) is 5.61. The summed E-state index contributed by atoms with van der Waals surface area (Å²) in [6.45, 7) is 5.94. The Balaban J connectivity index is 1.31. The molecule has 3 rings (SSSR count). The highest BCUT2D eigenvalue weighted by Crippen LogP contribution is 2.23. The highest BCUT2D eigenvalue weighted by atomic mass is 16.5. The lowest BCUT2D eigenvalue weighted by molar-refractivity contribution is 0.191. The van der Waals surface area contributed by atoms with Crippen LogP contribution < -0.4 is 14.5 Å². The molecule has 4 heteroatoms. The summed E-state index contributed by atoms with van der Waals surface area (Å²) in [5, 5.41) is 0. The predicted molar refractivity (Wildman–Crippen MR) is 122 cm³/mol. The predicted octanol–water partition coefficient (Wildman–Crippen LogP) is 5.38. The van der Waals surface area contributed by atoms with Crippen molar-refractivity contribution in [1.29, 1.82) is 0 Å². The van der Waals surface area contributed by atoms with Crippen LogP contribution in [0.2, 0.25) is 0 Å². The number of hydrogen-bond acceptors (Lipinski definition) is 4. The fourth-order valence-electron chi connectivity index (χ4n) is 3.86. The van der Waals surface area contributed by atoms with Crippen molar-refractivity contribution in [2.24, 2.45) is 0 Å². The fraction of sp³-hybridized carbons (Fsp3) is 0.520. The fourth-order valence-corrected chi connectivity index (χ4v) is 3.86. The molecule has 0 bridgehead atoms. The van der Waals surface area contributed by atoms with Crippen LogP contribution in [-0.2, 0) is 4.74 Å². The smallest absolute Gasteiger partial charge is 0.119 e. The molecule has 1 aliphatic rings. The molecule has 0 aromatic heterocycles. The largest absolute Gasteiger partial charge is 0.494 e. The van der Waals surface area contributed by atoms with E-state index in [0.29, 0.717) is 0 Å². The molecular formula is C25H36N2O2. The van der Waals surface area contributed by atoms with Crippen molar-refractivity contribution < 1.29 is 9.47 Å². The summed E-state index contributed by atoms with van der Waals surface area (Å²) in [7, 11) is 1.77. The highest BCUT2D eigenvalue weighted by Gasteiger charge is 2.17. The zero-order valence-corrected chi connectivity index (χ0v) is 17.9. The van der Waals surface area contributed by atoms with Crippen LogP contribution in [-0.4, -0.2) is 46.5 Å². The van der Waals surface area contributed by atoms with Gasteiger partial charge in [0, 0.05) is 51.3 Å². The van der Waals surface area contributed by atoms with E-state index in [0.717, 1.165) is 51.6 Å². The van der Waals surface area contributed by atoms with E-state index in [4.69, 9.17) is 9.47 Å². The van der Waals surface area contributed by atoms with E-state index >= 15 is 0 Å². The molecule has 0 amide bonds. The van der Waals surface area contributed by atoms with Crippen LogP contribution >= 0.6 is 0 Å². The molecule has 0 spiro atoms. The Morgan fingerprint density at radius 3 is 1.72 bits per heavy atom. The molecule has 0 aliphatic carbocycles. The van der Waals surface area contributed by atoms with E-state index in [1.165, 1.54) is 43.5 Å². The van der Waals surface area contributed by atoms with Crippen LogP contribution in [0.3, 0.4) is 0 Å². The van der Waals surface area contributed by atoms with Gasteiger partial charge in [-0.15, -0.1) is 0 Å². The molecule has 1 fully saturated rings. The molecule has 158 valence electrons. The first-order valence-corrected chi connectivity index (χ1v) is 11.1. The van der Waals surface area contributed by atoms with Gasteiger partial charge in [-0.25, -0.2) is 0 Å². The van der Waals surface area contributed by atoms with E-state index in [1.807, 2.05) is 0 Å². The molecule has 0 radical (unpaired) electrons. The number of methoxy groups -OCH3 is 1. The normalized spacial score (nSPS) is 14.2. The zero-order valence-electron chi connectivity index (χ0n) is 17.9. The molecule has 4 nitrogen and oxygen atoms in total. The first-order chi connectivity index (χ1) is 14.4. The maximum Gasteiger partial charge on any atom is 0.119 e. The van der Waals surface area contributed by atoms with Crippen molar-refractivity contribution in [3.05, 3.63) is 54.6 Å². The molecule has 0 saturated carbocycles. The van der Waals surface area contributed by atoms with Crippen molar-refractivity contribution in [3.63, 3.8) is 0 Å². The van der Waals surface area contributed by atoms with Crippen molar-refractivity contribution in [1.82, 2.24) is 0 Å². The summed E-state index contributed by atoms with van der Waals surface area (Å²) in [5.41, 5.74) is 2.62. The minimum atomic E-state index is 0.813. The van der Waals surface area contributed by atoms with Gasteiger partial charge in [-0.2, -0.15) is 0 Å². The number of nitrogens with zero attached hydrogens (tertiary/aromatic N) is 2. The van der Waals surface area contributed by atoms with Gasteiger partial charge in [-0.1, -0.05) is 43.9 Å². The van der Waals surface area contributed by atoms with Crippen LogP contribution in [0.5, 0.6) is 5.75 Å². The first-order valence-electron chi connectivity index (χ1n) is 11.1. The lowest BCUT2D eigenvalue weighted by Gasteiger charge is -2.37. The van der Waals surface area contributed by atoms with Gasteiger partial charge in [-0.05, 0) is 49.2 Å². The Kier molecular flexibility index (Phi) is 9.18. The summed E-state index contributed by atoms with van der Waals surface area (Å²) in [6.07, 6.45) is 7.43. The Morgan fingerprint density at radius 1 is 0.621 bits per heavy atom. The van der Waals surface area contributed by atoms with Crippen molar-refractivity contribution in [2.45, 2.75) is 38.5 Å². The summed E-state index contributed by atoms with van der Waals surface area (Å²) < 4.78 is 11.0. The summed E-state index contributed by atoms with van der Waals surface area (Å²) in [6, 6.07) is 19.3. The van der Waals surface area contributed by atoms with Gasteiger partial charge in [0.05, 0.1) is 6.61 Å². The van der Waals surface area contributed by atoms with Crippen LogP contribution in [0.25, 0.3) is 0 Å². The van der Waals surface area contributed by atoms with Crippen molar-refractivity contribution >= 4 is 11.4 Å². The number of piperazine rings is 1. The third-order valence-electron chi connectivity index (χ3n) is 5.61. The third kappa shape index (κ3) is 7.28. The Morgan fingerprint density at radius 2 is 1.14 bits per heavy atom. The standard InChI is InChI=1S/C25H36N2O2/c1-28-21-9-4-2-3-5-10-22-29-25-15-13-24(14-16-25)27-19-17-26(18-20-27)23-11-7-6-8-12-23/h6-8,11-16H,2-5,9-10,17-22H2,1H3. The van der Waals surface area contributed by atoms with Crippen LogP contribution in [0, 0.1) is 0 Å². The maximum absolute atomic E-state index is 5.92. The summed E-state index contributed by atoms with van der Waals surface area (Å²) in [4.78, 5) is 4.93. The maximum atomic E-state index is 5.92. The second kappa shape index (κ2) is 12.4. The van der Waals surface area contributed by atoms with Crippen LogP contribution in [0.4, 0.5) is 11.4 Å². The Labute approximate surface area is 176 Å². The number of anilines is 2. The number of benzene rings is 2. The minimum absolute atomic E-state index is 0.813. The number of para-hydroxylation sites is 1. The molecule has 0 atom stereocenters. The van der Waals surface area contributed by atoms with Gasteiger partial charge in [0.2, 0.25) is 0 Å². The Hall–Kier alpha value is -2.20. The molecule has 1 heterocycles. The van der Waals surface area contributed by atoms with E-state index in [-0.39, 0.29) is 0 Å². The number of ether oxygens (including phenoxy) is 2. The number of rotatable bonds is 12. The second-order valence-corrected chi connectivity index (χ2v) is 7.77. The van der Waals surface area contributed by atoms with Gasteiger partial charge in [0.25, 0.3) is 0 Å². The van der Waals surface area contributed by atoms with Gasteiger partial charge in [0.1, 0.15) is 5.75 Å². The highest BCUT2D eigenvalue weighted by molar-refractivity contribution is 5.52. The molecule has 1 aliphatic heterocycles. The molecular weight excluding hydrogens is 360 g/mol. The molecule has 2 aromatic carbocycles. The molecule has 0 unspecified atom stereocenters. The number of unbranched alkanes of at least 4 members (excludes halogenated alkanes) is 5. The van der Waals surface area contributed by atoms with E-state index in [1.54, 1.807) is 7.11 Å². The van der Waals surface area contributed by atoms with Gasteiger partial charge < -0.3 is 19.3 Å². The lowest BCUT2D eigenvalue weighted by atomic mass is 10.1. The number of hydrogen-bond donors (Lipinski definition) is 0. The van der Waals surface area contributed by atoms with Crippen LogP contribution in [0.1, 0.15) is 38.5 Å². The lowest BCUT2D eigenvalue weighted by Crippen LogP contribution is -2.46.